The van der Waals surface area contributed by atoms with E-state index < -0.39 is 0 Å². The highest BCUT2D eigenvalue weighted by molar-refractivity contribution is 5.50. The van der Waals surface area contributed by atoms with Crippen molar-refractivity contribution in [2.75, 3.05) is 11.9 Å². The SMILES string of the molecule is Cc1cc(F)ccc1NCCCc1ccccc1. The topological polar surface area (TPSA) is 12.0 Å². The Morgan fingerprint density at radius 2 is 1.83 bits per heavy atom. The zero-order valence-corrected chi connectivity index (χ0v) is 10.6. The van der Waals surface area contributed by atoms with Crippen molar-refractivity contribution in [1.82, 2.24) is 0 Å². The van der Waals surface area contributed by atoms with E-state index in [4.69, 9.17) is 0 Å². The first-order valence-electron chi connectivity index (χ1n) is 6.29. The zero-order valence-electron chi connectivity index (χ0n) is 10.6. The van der Waals surface area contributed by atoms with Gasteiger partial charge in [-0.25, -0.2) is 4.39 Å². The van der Waals surface area contributed by atoms with Crippen molar-refractivity contribution >= 4 is 5.69 Å². The Labute approximate surface area is 108 Å². The van der Waals surface area contributed by atoms with Crippen molar-refractivity contribution in [3.8, 4) is 0 Å². The van der Waals surface area contributed by atoms with Crippen LogP contribution in [0.4, 0.5) is 10.1 Å². The molecule has 0 aliphatic rings. The summed E-state index contributed by atoms with van der Waals surface area (Å²) in [5.41, 5.74) is 3.33. The van der Waals surface area contributed by atoms with Crippen molar-refractivity contribution in [3.63, 3.8) is 0 Å². The van der Waals surface area contributed by atoms with Crippen LogP contribution in [0.3, 0.4) is 0 Å². The van der Waals surface area contributed by atoms with E-state index >= 15 is 0 Å². The third-order valence-corrected chi connectivity index (χ3v) is 2.99. The summed E-state index contributed by atoms with van der Waals surface area (Å²) in [4.78, 5) is 0. The van der Waals surface area contributed by atoms with Crippen LogP contribution in [0.2, 0.25) is 0 Å². The van der Waals surface area contributed by atoms with Gasteiger partial charge in [-0.05, 0) is 49.1 Å². The molecule has 2 rings (SSSR count). The Morgan fingerprint density at radius 3 is 2.56 bits per heavy atom. The first kappa shape index (κ1) is 12.6. The van der Waals surface area contributed by atoms with Crippen LogP contribution in [0.5, 0.6) is 0 Å². The van der Waals surface area contributed by atoms with Crippen LogP contribution in [0.15, 0.2) is 48.5 Å². The average molecular weight is 243 g/mol. The summed E-state index contributed by atoms with van der Waals surface area (Å²) in [6.45, 7) is 2.82. The number of benzene rings is 2. The number of anilines is 1. The number of hydrogen-bond acceptors (Lipinski definition) is 1. The lowest BCUT2D eigenvalue weighted by atomic mass is 10.1. The lowest BCUT2D eigenvalue weighted by Crippen LogP contribution is -2.04. The molecule has 0 fully saturated rings. The third kappa shape index (κ3) is 3.59. The molecule has 2 aromatic carbocycles. The fourth-order valence-corrected chi connectivity index (χ4v) is 1.99. The van der Waals surface area contributed by atoms with E-state index in [-0.39, 0.29) is 5.82 Å². The molecule has 18 heavy (non-hydrogen) atoms. The molecule has 0 radical (unpaired) electrons. The standard InChI is InChI=1S/C16H18FN/c1-13-12-15(17)9-10-16(13)18-11-5-8-14-6-3-2-4-7-14/h2-4,6-7,9-10,12,18H,5,8,11H2,1H3. The molecule has 0 saturated heterocycles. The minimum atomic E-state index is -0.178. The second-order valence-corrected chi connectivity index (χ2v) is 4.48. The first-order valence-corrected chi connectivity index (χ1v) is 6.29. The van der Waals surface area contributed by atoms with Crippen LogP contribution < -0.4 is 5.32 Å². The Morgan fingerprint density at radius 1 is 1.06 bits per heavy atom. The molecule has 0 amide bonds. The molecular weight excluding hydrogens is 225 g/mol. The predicted octanol–water partition coefficient (Wildman–Crippen LogP) is 4.18. The first-order chi connectivity index (χ1) is 8.75. The zero-order chi connectivity index (χ0) is 12.8. The van der Waals surface area contributed by atoms with Gasteiger partial charge in [-0.15, -0.1) is 0 Å². The lowest BCUT2D eigenvalue weighted by Gasteiger charge is -2.09. The van der Waals surface area contributed by atoms with E-state index in [2.05, 4.69) is 29.6 Å². The molecule has 0 unspecified atom stereocenters. The molecule has 1 N–H and O–H groups in total. The van der Waals surface area contributed by atoms with Crippen LogP contribution in [-0.4, -0.2) is 6.54 Å². The van der Waals surface area contributed by atoms with Crippen LogP contribution >= 0.6 is 0 Å². The van der Waals surface area contributed by atoms with Gasteiger partial charge in [0.05, 0.1) is 0 Å². The lowest BCUT2D eigenvalue weighted by molar-refractivity contribution is 0.627. The fraction of sp³-hybridized carbons (Fsp3) is 0.250. The van der Waals surface area contributed by atoms with Crippen LogP contribution in [0, 0.1) is 12.7 Å². The number of halogens is 1. The van der Waals surface area contributed by atoms with Gasteiger partial charge in [-0.1, -0.05) is 30.3 Å². The van der Waals surface area contributed by atoms with Gasteiger partial charge >= 0.3 is 0 Å². The number of hydrogen-bond donors (Lipinski definition) is 1. The Kier molecular flexibility index (Phi) is 4.35. The maximum absolute atomic E-state index is 12.9. The van der Waals surface area contributed by atoms with E-state index in [1.165, 1.54) is 11.6 Å². The minimum Gasteiger partial charge on any atom is -0.385 e. The van der Waals surface area contributed by atoms with Crippen LogP contribution in [-0.2, 0) is 6.42 Å². The van der Waals surface area contributed by atoms with E-state index in [0.29, 0.717) is 0 Å². The van der Waals surface area contributed by atoms with Gasteiger partial charge in [0, 0.05) is 12.2 Å². The largest absolute Gasteiger partial charge is 0.385 e. The third-order valence-electron chi connectivity index (χ3n) is 2.99. The summed E-state index contributed by atoms with van der Waals surface area (Å²) in [5.74, 6) is -0.178. The van der Waals surface area contributed by atoms with Gasteiger partial charge in [0.2, 0.25) is 0 Å². The number of nitrogens with one attached hydrogen (secondary N) is 1. The van der Waals surface area contributed by atoms with Gasteiger partial charge in [0.15, 0.2) is 0 Å². The van der Waals surface area contributed by atoms with Gasteiger partial charge < -0.3 is 5.32 Å². The second kappa shape index (κ2) is 6.20. The summed E-state index contributed by atoms with van der Waals surface area (Å²) in [5, 5.41) is 3.34. The molecule has 0 aliphatic carbocycles. The maximum atomic E-state index is 12.9. The molecule has 0 aliphatic heterocycles. The van der Waals surface area contributed by atoms with Gasteiger partial charge in [-0.3, -0.25) is 0 Å². The molecule has 0 spiro atoms. The van der Waals surface area contributed by atoms with Crippen molar-refractivity contribution in [2.45, 2.75) is 19.8 Å². The summed E-state index contributed by atoms with van der Waals surface area (Å²) in [7, 11) is 0. The van der Waals surface area contributed by atoms with E-state index in [1.54, 1.807) is 12.1 Å². The molecule has 2 aromatic rings. The second-order valence-electron chi connectivity index (χ2n) is 4.48. The van der Waals surface area contributed by atoms with E-state index in [0.717, 1.165) is 30.6 Å². The van der Waals surface area contributed by atoms with Crippen LogP contribution in [0.25, 0.3) is 0 Å². The fourth-order valence-electron chi connectivity index (χ4n) is 1.99. The van der Waals surface area contributed by atoms with Crippen LogP contribution in [0.1, 0.15) is 17.5 Å². The van der Waals surface area contributed by atoms with Gasteiger partial charge in [0.1, 0.15) is 5.82 Å². The maximum Gasteiger partial charge on any atom is 0.123 e. The highest BCUT2D eigenvalue weighted by Crippen LogP contribution is 2.15. The minimum absolute atomic E-state index is 0.178. The van der Waals surface area contributed by atoms with E-state index in [1.807, 2.05) is 13.0 Å². The molecule has 94 valence electrons. The van der Waals surface area contributed by atoms with Crippen molar-refractivity contribution < 1.29 is 4.39 Å². The van der Waals surface area contributed by atoms with Crippen molar-refractivity contribution in [1.29, 1.82) is 0 Å². The Bertz CT molecular complexity index is 494. The summed E-state index contributed by atoms with van der Waals surface area (Å²) in [6.07, 6.45) is 2.13. The number of rotatable bonds is 5. The number of aryl methyl sites for hydroxylation is 2. The van der Waals surface area contributed by atoms with Crippen molar-refractivity contribution in [3.05, 3.63) is 65.5 Å². The van der Waals surface area contributed by atoms with Crippen molar-refractivity contribution in [2.24, 2.45) is 0 Å². The summed E-state index contributed by atoms with van der Waals surface area (Å²) in [6, 6.07) is 15.3. The normalized spacial score (nSPS) is 10.3. The smallest absolute Gasteiger partial charge is 0.123 e. The molecule has 1 nitrogen and oxygen atoms in total. The molecule has 0 aromatic heterocycles. The molecule has 0 heterocycles. The van der Waals surface area contributed by atoms with Gasteiger partial charge in [-0.2, -0.15) is 0 Å². The quantitative estimate of drug-likeness (QED) is 0.777. The highest BCUT2D eigenvalue weighted by atomic mass is 19.1. The molecule has 0 saturated carbocycles. The monoisotopic (exact) mass is 243 g/mol. The molecule has 0 bridgehead atoms. The summed E-state index contributed by atoms with van der Waals surface area (Å²) >= 11 is 0. The van der Waals surface area contributed by atoms with E-state index in [9.17, 15) is 4.39 Å². The average Bonchev–Trinajstić information content (AvgIpc) is 2.38. The molecular formula is C16H18FN. The predicted molar refractivity (Wildman–Crippen MR) is 74.4 cm³/mol. The summed E-state index contributed by atoms with van der Waals surface area (Å²) < 4.78 is 12.9. The van der Waals surface area contributed by atoms with Gasteiger partial charge in [0.25, 0.3) is 0 Å². The molecule has 2 heteroatoms. The Balaban J connectivity index is 1.79. The molecule has 0 atom stereocenters. The highest BCUT2D eigenvalue weighted by Gasteiger charge is 1.99. The Hall–Kier alpha value is -1.83.